The minimum absolute atomic E-state index is 0.162. The normalized spacial score (nSPS) is 11.2. The Hall–Kier alpha value is -1.70. The first-order chi connectivity index (χ1) is 6.99. The van der Waals surface area contributed by atoms with Crippen molar-refractivity contribution in [2.75, 3.05) is 6.54 Å². The molecule has 0 aliphatic carbocycles. The van der Waals surface area contributed by atoms with E-state index < -0.39 is 18.0 Å². The number of carbonyl (C=O) groups is 2. The molecule has 0 aromatic heterocycles. The number of hydrogen-bond donors (Lipinski definition) is 3. The summed E-state index contributed by atoms with van der Waals surface area (Å²) in [4.78, 5) is 21.9. The molecule has 0 rings (SSSR count). The zero-order valence-electron chi connectivity index (χ0n) is 9.13. The van der Waals surface area contributed by atoms with Crippen molar-refractivity contribution in [2.24, 2.45) is 5.92 Å². The maximum absolute atomic E-state index is 11.2. The quantitative estimate of drug-likeness (QED) is 0.591. The number of carbonyl (C=O) groups excluding carboxylic acids is 1. The molecule has 5 heteroatoms. The fraction of sp³-hybridized carbons (Fsp3) is 0.600. The van der Waals surface area contributed by atoms with Crippen molar-refractivity contribution in [3.63, 3.8) is 0 Å². The lowest BCUT2D eigenvalue weighted by Crippen LogP contribution is -2.48. The van der Waals surface area contributed by atoms with Crippen molar-refractivity contribution in [3.05, 3.63) is 0 Å². The zero-order valence-corrected chi connectivity index (χ0v) is 9.13. The van der Waals surface area contributed by atoms with Gasteiger partial charge in [0.15, 0.2) is 0 Å². The summed E-state index contributed by atoms with van der Waals surface area (Å²) < 4.78 is 0. The Morgan fingerprint density at radius 2 is 2.00 bits per heavy atom. The summed E-state index contributed by atoms with van der Waals surface area (Å²) >= 11 is 0. The van der Waals surface area contributed by atoms with Crippen LogP contribution in [0.25, 0.3) is 0 Å². The SMILES string of the molecule is CC#CCNC(=O)NC(C(=O)O)C(C)C. The van der Waals surface area contributed by atoms with Crippen LogP contribution in [0.3, 0.4) is 0 Å². The van der Waals surface area contributed by atoms with E-state index in [1.54, 1.807) is 20.8 Å². The van der Waals surface area contributed by atoms with Crippen LogP contribution in [0.2, 0.25) is 0 Å². The summed E-state index contributed by atoms with van der Waals surface area (Å²) in [6, 6.07) is -1.39. The van der Waals surface area contributed by atoms with Crippen LogP contribution in [0.5, 0.6) is 0 Å². The predicted octanol–water partition coefficient (Wildman–Crippen LogP) is 0.418. The monoisotopic (exact) mass is 212 g/mol. The molecule has 0 aromatic rings. The lowest BCUT2D eigenvalue weighted by molar-refractivity contribution is -0.140. The summed E-state index contributed by atoms with van der Waals surface area (Å²) in [5.41, 5.74) is 0. The van der Waals surface area contributed by atoms with Crippen LogP contribution >= 0.6 is 0 Å². The van der Waals surface area contributed by atoms with Crippen LogP contribution < -0.4 is 10.6 Å². The molecule has 2 amide bonds. The highest BCUT2D eigenvalue weighted by Gasteiger charge is 2.22. The average Bonchev–Trinajstić information content (AvgIpc) is 2.13. The Morgan fingerprint density at radius 1 is 1.40 bits per heavy atom. The number of urea groups is 1. The van der Waals surface area contributed by atoms with Gasteiger partial charge in [0.05, 0.1) is 6.54 Å². The molecule has 0 heterocycles. The Labute approximate surface area is 89.2 Å². The van der Waals surface area contributed by atoms with Crippen molar-refractivity contribution in [3.8, 4) is 11.8 Å². The van der Waals surface area contributed by atoms with Crippen LogP contribution in [-0.4, -0.2) is 29.7 Å². The molecule has 84 valence electrons. The van der Waals surface area contributed by atoms with Crippen LogP contribution in [-0.2, 0) is 4.79 Å². The molecule has 0 aliphatic rings. The first-order valence-corrected chi connectivity index (χ1v) is 4.65. The molecule has 5 nitrogen and oxygen atoms in total. The van der Waals surface area contributed by atoms with Gasteiger partial charge in [0.1, 0.15) is 6.04 Å². The summed E-state index contributed by atoms with van der Waals surface area (Å²) in [5.74, 6) is 4.05. The van der Waals surface area contributed by atoms with Crippen molar-refractivity contribution in [2.45, 2.75) is 26.8 Å². The van der Waals surface area contributed by atoms with Gasteiger partial charge in [0, 0.05) is 0 Å². The number of carboxylic acid groups (broad SMARTS) is 1. The Kier molecular flexibility index (Phi) is 5.95. The molecule has 0 spiro atoms. The molecule has 0 saturated carbocycles. The molecule has 0 aromatic carbocycles. The Morgan fingerprint density at radius 3 is 2.40 bits per heavy atom. The molecular formula is C10H16N2O3. The maximum atomic E-state index is 11.2. The standard InChI is InChI=1S/C10H16N2O3/c1-4-5-6-11-10(15)12-8(7(2)3)9(13)14/h7-8H,6H2,1-3H3,(H,13,14)(H2,11,12,15). The van der Waals surface area contributed by atoms with Gasteiger partial charge in [-0.05, 0) is 12.8 Å². The molecule has 0 bridgehead atoms. The van der Waals surface area contributed by atoms with Gasteiger partial charge in [-0.25, -0.2) is 9.59 Å². The molecule has 0 radical (unpaired) electrons. The van der Waals surface area contributed by atoms with Crippen LogP contribution in [0.1, 0.15) is 20.8 Å². The molecular weight excluding hydrogens is 196 g/mol. The average molecular weight is 212 g/mol. The lowest BCUT2D eigenvalue weighted by atomic mass is 10.1. The van der Waals surface area contributed by atoms with Gasteiger partial charge in [0.2, 0.25) is 0 Å². The van der Waals surface area contributed by atoms with Gasteiger partial charge in [0.25, 0.3) is 0 Å². The molecule has 3 N–H and O–H groups in total. The number of carboxylic acids is 1. The lowest BCUT2D eigenvalue weighted by Gasteiger charge is -2.17. The Bertz CT molecular complexity index is 289. The van der Waals surface area contributed by atoms with E-state index >= 15 is 0 Å². The summed E-state index contributed by atoms with van der Waals surface area (Å²) in [7, 11) is 0. The van der Waals surface area contributed by atoms with E-state index in [1.165, 1.54) is 0 Å². The highest BCUT2D eigenvalue weighted by Crippen LogP contribution is 2.00. The maximum Gasteiger partial charge on any atom is 0.326 e. The largest absolute Gasteiger partial charge is 0.480 e. The van der Waals surface area contributed by atoms with Crippen LogP contribution in [0.4, 0.5) is 4.79 Å². The van der Waals surface area contributed by atoms with E-state index in [0.29, 0.717) is 0 Å². The van der Waals surface area contributed by atoms with Gasteiger partial charge in [-0.15, -0.1) is 5.92 Å². The van der Waals surface area contributed by atoms with Gasteiger partial charge >= 0.3 is 12.0 Å². The van der Waals surface area contributed by atoms with E-state index in [4.69, 9.17) is 5.11 Å². The molecule has 15 heavy (non-hydrogen) atoms. The third kappa shape index (κ3) is 5.57. The second-order valence-electron chi connectivity index (χ2n) is 3.31. The van der Waals surface area contributed by atoms with Crippen molar-refractivity contribution >= 4 is 12.0 Å². The number of amides is 2. The van der Waals surface area contributed by atoms with E-state index in [-0.39, 0.29) is 12.5 Å². The second kappa shape index (κ2) is 6.71. The minimum Gasteiger partial charge on any atom is -0.480 e. The smallest absolute Gasteiger partial charge is 0.326 e. The predicted molar refractivity (Wildman–Crippen MR) is 56.2 cm³/mol. The first kappa shape index (κ1) is 13.3. The van der Waals surface area contributed by atoms with E-state index in [0.717, 1.165) is 0 Å². The van der Waals surface area contributed by atoms with Gasteiger partial charge < -0.3 is 15.7 Å². The molecule has 0 aliphatic heterocycles. The van der Waals surface area contributed by atoms with Crippen molar-refractivity contribution < 1.29 is 14.7 Å². The van der Waals surface area contributed by atoms with Crippen molar-refractivity contribution in [1.82, 2.24) is 10.6 Å². The van der Waals surface area contributed by atoms with Gasteiger partial charge in [-0.2, -0.15) is 0 Å². The molecule has 1 unspecified atom stereocenters. The summed E-state index contributed by atoms with van der Waals surface area (Å²) in [6.07, 6.45) is 0. The number of rotatable bonds is 4. The van der Waals surface area contributed by atoms with E-state index in [1.807, 2.05) is 0 Å². The van der Waals surface area contributed by atoms with Crippen LogP contribution in [0.15, 0.2) is 0 Å². The zero-order chi connectivity index (χ0) is 11.8. The highest BCUT2D eigenvalue weighted by atomic mass is 16.4. The number of nitrogens with one attached hydrogen (secondary N) is 2. The van der Waals surface area contributed by atoms with Crippen molar-refractivity contribution in [1.29, 1.82) is 0 Å². The van der Waals surface area contributed by atoms with Gasteiger partial charge in [-0.1, -0.05) is 19.8 Å². The van der Waals surface area contributed by atoms with Gasteiger partial charge in [-0.3, -0.25) is 0 Å². The summed E-state index contributed by atoms with van der Waals surface area (Å²) in [6.45, 7) is 5.33. The molecule has 1 atom stereocenters. The second-order valence-corrected chi connectivity index (χ2v) is 3.31. The first-order valence-electron chi connectivity index (χ1n) is 4.65. The fourth-order valence-corrected chi connectivity index (χ4v) is 0.919. The minimum atomic E-state index is -1.04. The summed E-state index contributed by atoms with van der Waals surface area (Å²) in [5, 5.41) is 13.6. The van der Waals surface area contributed by atoms with Crippen LogP contribution in [0, 0.1) is 17.8 Å². The molecule has 0 saturated heterocycles. The third-order valence-electron chi connectivity index (χ3n) is 1.73. The fourth-order valence-electron chi connectivity index (χ4n) is 0.919. The highest BCUT2D eigenvalue weighted by molar-refractivity contribution is 5.82. The molecule has 0 fully saturated rings. The third-order valence-corrected chi connectivity index (χ3v) is 1.73. The number of aliphatic carboxylic acids is 1. The van der Waals surface area contributed by atoms with E-state index in [2.05, 4.69) is 22.5 Å². The topological polar surface area (TPSA) is 78.4 Å². The number of hydrogen-bond acceptors (Lipinski definition) is 2. The Balaban J connectivity index is 4.10. The van der Waals surface area contributed by atoms with E-state index in [9.17, 15) is 9.59 Å².